The topological polar surface area (TPSA) is 163 Å². The van der Waals surface area contributed by atoms with Crippen LogP contribution in [0.5, 0.6) is 0 Å². The van der Waals surface area contributed by atoms with Crippen molar-refractivity contribution in [2.24, 2.45) is 0 Å². The molecule has 0 unspecified atom stereocenters. The van der Waals surface area contributed by atoms with Gasteiger partial charge in [-0.3, -0.25) is 14.4 Å². The van der Waals surface area contributed by atoms with Crippen LogP contribution in [0.3, 0.4) is 0 Å². The van der Waals surface area contributed by atoms with E-state index in [0.717, 1.165) is 51.8 Å². The van der Waals surface area contributed by atoms with Gasteiger partial charge in [0.1, 0.15) is 5.82 Å². The van der Waals surface area contributed by atoms with Crippen molar-refractivity contribution in [3.8, 4) is 0 Å². The number of benzene rings is 3. The molecule has 0 atom stereocenters. The largest absolute Gasteiger partial charge is 0.373 e. The second-order valence-electron chi connectivity index (χ2n) is 14.5. The SMILES string of the molecule is CC(C)n1c(CC(=O)c2ccc3nc4n(c3c2)C(C)(C)CCNC4=O)nc2ccccc21.CC1(C)CCNC(=O)c2nc3ccccc3n21.O=C=O. The van der Waals surface area contributed by atoms with Crippen LogP contribution in [-0.4, -0.2) is 65.5 Å². The average Bonchev–Trinajstić information content (AvgIpc) is 3.76. The first-order valence-corrected chi connectivity index (χ1v) is 17.3. The van der Waals surface area contributed by atoms with Crippen LogP contribution in [0, 0.1) is 0 Å². The van der Waals surface area contributed by atoms with E-state index >= 15 is 0 Å². The van der Waals surface area contributed by atoms with Gasteiger partial charge in [-0.05, 0) is 96.8 Å². The molecule has 5 heterocycles. The summed E-state index contributed by atoms with van der Waals surface area (Å²) in [6.07, 6.45) is 2.16. The molecule has 0 saturated carbocycles. The Labute approximate surface area is 300 Å². The lowest BCUT2D eigenvalue weighted by Gasteiger charge is -2.26. The van der Waals surface area contributed by atoms with E-state index in [1.165, 1.54) is 0 Å². The van der Waals surface area contributed by atoms with Crippen LogP contribution < -0.4 is 10.6 Å². The normalized spacial score (nSPS) is 15.9. The van der Waals surface area contributed by atoms with Crippen LogP contribution in [0.4, 0.5) is 0 Å². The highest BCUT2D eigenvalue weighted by Crippen LogP contribution is 2.32. The van der Waals surface area contributed by atoms with Gasteiger partial charge in [-0.1, -0.05) is 24.3 Å². The lowest BCUT2D eigenvalue weighted by molar-refractivity contribution is -0.191. The van der Waals surface area contributed by atoms with Crippen molar-refractivity contribution >= 4 is 56.8 Å². The minimum absolute atomic E-state index is 0.00413. The maximum atomic E-state index is 13.3. The number of hydrogen-bond donors (Lipinski definition) is 2. The molecule has 2 amide bonds. The summed E-state index contributed by atoms with van der Waals surface area (Å²) in [7, 11) is 0. The maximum Gasteiger partial charge on any atom is 0.373 e. The van der Waals surface area contributed by atoms with Crippen molar-refractivity contribution in [2.45, 2.75) is 77.9 Å². The van der Waals surface area contributed by atoms with E-state index in [1.807, 2.05) is 65.2 Å². The molecule has 0 radical (unpaired) electrons. The van der Waals surface area contributed by atoms with Gasteiger partial charge in [-0.15, -0.1) is 0 Å². The molecule has 8 rings (SSSR count). The highest BCUT2D eigenvalue weighted by Gasteiger charge is 2.33. The number of ketones is 1. The van der Waals surface area contributed by atoms with Gasteiger partial charge >= 0.3 is 6.15 Å². The summed E-state index contributed by atoms with van der Waals surface area (Å²) in [6, 6.07) is 21.6. The number of nitrogens with one attached hydrogen (secondary N) is 2. The Bertz CT molecular complexity index is 2370. The first kappa shape index (κ1) is 35.9. The first-order chi connectivity index (χ1) is 24.8. The number of nitrogens with zero attached hydrogens (tertiary/aromatic N) is 6. The Morgan fingerprint density at radius 2 is 1.21 bits per heavy atom. The summed E-state index contributed by atoms with van der Waals surface area (Å²) in [5.41, 5.74) is 5.59. The van der Waals surface area contributed by atoms with E-state index in [0.29, 0.717) is 30.3 Å². The quantitative estimate of drug-likeness (QED) is 0.225. The van der Waals surface area contributed by atoms with E-state index in [2.05, 4.69) is 71.3 Å². The molecular weight excluding hydrogens is 660 g/mol. The van der Waals surface area contributed by atoms with Gasteiger partial charge < -0.3 is 24.3 Å². The zero-order valence-corrected chi connectivity index (χ0v) is 30.2. The Morgan fingerprint density at radius 1 is 0.731 bits per heavy atom. The predicted molar refractivity (Wildman–Crippen MR) is 195 cm³/mol. The summed E-state index contributed by atoms with van der Waals surface area (Å²) in [5, 5.41) is 5.81. The third kappa shape index (κ3) is 6.62. The number of para-hydroxylation sites is 4. The van der Waals surface area contributed by atoms with Gasteiger partial charge in [0.05, 0.1) is 39.5 Å². The molecule has 2 N–H and O–H groups in total. The summed E-state index contributed by atoms with van der Waals surface area (Å²) in [6.45, 7) is 14.0. The number of rotatable bonds is 4. The molecule has 2 aliphatic heterocycles. The van der Waals surface area contributed by atoms with Crippen LogP contribution in [-0.2, 0) is 27.1 Å². The Balaban J connectivity index is 0.000000194. The molecule has 13 heteroatoms. The molecule has 3 aromatic heterocycles. The fourth-order valence-electron chi connectivity index (χ4n) is 7.19. The number of carbonyl (C=O) groups excluding carboxylic acids is 5. The minimum atomic E-state index is -0.295. The van der Waals surface area contributed by atoms with Crippen molar-refractivity contribution in [3.63, 3.8) is 0 Å². The van der Waals surface area contributed by atoms with Crippen molar-refractivity contribution in [1.82, 2.24) is 39.3 Å². The minimum Gasteiger partial charge on any atom is -0.349 e. The Kier molecular flexibility index (Phi) is 9.65. The summed E-state index contributed by atoms with van der Waals surface area (Å²) < 4.78 is 6.17. The van der Waals surface area contributed by atoms with E-state index in [9.17, 15) is 14.4 Å². The highest BCUT2D eigenvalue weighted by molar-refractivity contribution is 6.02. The second kappa shape index (κ2) is 14.0. The van der Waals surface area contributed by atoms with Crippen LogP contribution >= 0.6 is 0 Å². The molecule has 0 spiro atoms. The molecule has 52 heavy (non-hydrogen) atoms. The summed E-state index contributed by atoms with van der Waals surface area (Å²) >= 11 is 0. The molecule has 268 valence electrons. The fraction of sp³-hybridized carbons (Fsp3) is 0.359. The number of fused-ring (bicyclic) bond motifs is 7. The van der Waals surface area contributed by atoms with E-state index in [-0.39, 0.29) is 47.3 Å². The lowest BCUT2D eigenvalue weighted by Crippen LogP contribution is -2.27. The zero-order chi connectivity index (χ0) is 37.4. The van der Waals surface area contributed by atoms with Gasteiger partial charge in [0.25, 0.3) is 11.8 Å². The molecule has 6 aromatic rings. The summed E-state index contributed by atoms with van der Waals surface area (Å²) in [5.74, 6) is 1.42. The average molecular weight is 703 g/mol. The predicted octanol–water partition coefficient (Wildman–Crippen LogP) is 5.58. The van der Waals surface area contributed by atoms with E-state index < -0.39 is 0 Å². The standard InChI is InChI=1S/C25H27N5O2.C13H15N3O.CO2/c1-15(2)29-19-8-6-5-7-17(19)27-22(29)14-21(31)16-9-10-18-20(13-16)30-23(28-18)24(32)26-12-11-25(30,3)4;1-13(2)7-8-14-12(17)11-15-9-5-3-4-6-10(9)16(11)13;2-1-3/h5-10,13,15H,11-12,14H2,1-4H3,(H,26,32);3-6H,7-8H2,1-2H3,(H,14,17);. The third-order valence-corrected chi connectivity index (χ3v) is 9.70. The van der Waals surface area contributed by atoms with Gasteiger partial charge in [0, 0.05) is 35.8 Å². The van der Waals surface area contributed by atoms with E-state index in [4.69, 9.17) is 14.6 Å². The molecule has 13 nitrogen and oxygen atoms in total. The summed E-state index contributed by atoms with van der Waals surface area (Å²) in [4.78, 5) is 67.8. The monoisotopic (exact) mass is 702 g/mol. The number of aromatic nitrogens is 6. The van der Waals surface area contributed by atoms with Gasteiger partial charge in [-0.25, -0.2) is 15.0 Å². The number of hydrogen-bond acceptors (Lipinski definition) is 8. The van der Waals surface area contributed by atoms with Crippen LogP contribution in [0.2, 0.25) is 0 Å². The number of Topliss-reactive ketones (excluding diaryl/α,β-unsaturated/α-hetero) is 1. The molecule has 3 aromatic carbocycles. The zero-order valence-electron chi connectivity index (χ0n) is 30.2. The molecule has 0 saturated heterocycles. The molecule has 2 aliphatic rings. The second-order valence-corrected chi connectivity index (χ2v) is 14.5. The van der Waals surface area contributed by atoms with Crippen molar-refractivity contribution in [2.75, 3.05) is 13.1 Å². The third-order valence-electron chi connectivity index (χ3n) is 9.70. The van der Waals surface area contributed by atoms with E-state index in [1.54, 1.807) is 6.07 Å². The smallest absolute Gasteiger partial charge is 0.349 e. The van der Waals surface area contributed by atoms with Crippen molar-refractivity contribution in [1.29, 1.82) is 0 Å². The van der Waals surface area contributed by atoms with Gasteiger partial charge in [0.2, 0.25) is 11.6 Å². The first-order valence-electron chi connectivity index (χ1n) is 17.3. The maximum absolute atomic E-state index is 13.3. The molecule has 0 bridgehead atoms. The Morgan fingerprint density at radius 3 is 1.77 bits per heavy atom. The number of carbonyl (C=O) groups is 3. The van der Waals surface area contributed by atoms with Crippen LogP contribution in [0.1, 0.15) is 97.8 Å². The number of imidazole rings is 3. The fourth-order valence-corrected chi connectivity index (χ4v) is 7.19. The lowest BCUT2D eigenvalue weighted by atomic mass is 9.99. The van der Waals surface area contributed by atoms with Crippen LogP contribution in [0.25, 0.3) is 33.1 Å². The van der Waals surface area contributed by atoms with Crippen molar-refractivity contribution < 1.29 is 24.0 Å². The van der Waals surface area contributed by atoms with Gasteiger partial charge in [0.15, 0.2) is 5.78 Å². The van der Waals surface area contributed by atoms with Crippen LogP contribution in [0.15, 0.2) is 66.7 Å². The number of amides is 2. The molecular formula is C39H42N8O5. The van der Waals surface area contributed by atoms with Gasteiger partial charge in [-0.2, -0.15) is 9.59 Å². The Hall–Kier alpha value is -5.94. The molecule has 0 fully saturated rings. The highest BCUT2D eigenvalue weighted by atomic mass is 16.2. The van der Waals surface area contributed by atoms with Crippen molar-refractivity contribution in [3.05, 3.63) is 89.8 Å². The molecule has 0 aliphatic carbocycles.